The summed E-state index contributed by atoms with van der Waals surface area (Å²) in [6.45, 7) is 6.23. The number of hydrogen-bond donors (Lipinski definition) is 2. The van der Waals surface area contributed by atoms with Crippen molar-refractivity contribution >= 4 is 34.6 Å². The number of hydrogen-bond acceptors (Lipinski definition) is 7. The smallest absolute Gasteiger partial charge is 0.227 e. The Morgan fingerprint density at radius 3 is 2.76 bits per heavy atom. The fourth-order valence-electron chi connectivity index (χ4n) is 4.21. The monoisotopic (exact) mass is 463 g/mol. The molecule has 0 radical (unpaired) electrons. The lowest BCUT2D eigenvalue weighted by Crippen LogP contribution is -2.35. The molecule has 0 aliphatic carbocycles. The number of thiocarbonyl (C=S) groups is 1. The molecule has 2 aliphatic rings. The number of allylic oxidation sites excluding steroid dienone is 1. The van der Waals surface area contributed by atoms with Crippen LogP contribution in [0.25, 0.3) is 11.3 Å². The molecule has 1 aromatic heterocycles. The number of rotatable bonds is 7. The molecule has 4 rings (SSSR count). The number of dihydropyridines is 1. The molecule has 0 saturated carbocycles. The molecule has 0 amide bonds. The van der Waals surface area contributed by atoms with Crippen LogP contribution in [-0.4, -0.2) is 70.9 Å². The molecule has 2 aliphatic heterocycles. The van der Waals surface area contributed by atoms with Crippen LogP contribution >= 0.6 is 12.2 Å². The van der Waals surface area contributed by atoms with Crippen molar-refractivity contribution in [3.8, 4) is 11.3 Å². The van der Waals surface area contributed by atoms with Crippen molar-refractivity contribution in [3.05, 3.63) is 47.3 Å². The van der Waals surface area contributed by atoms with Gasteiger partial charge >= 0.3 is 0 Å². The molecule has 3 heterocycles. The van der Waals surface area contributed by atoms with Crippen LogP contribution in [0.3, 0.4) is 0 Å². The maximum Gasteiger partial charge on any atom is 0.227 e. The third-order valence-corrected chi connectivity index (χ3v) is 6.30. The molecule has 8 heteroatoms. The number of anilines is 2. The number of aryl methyl sites for hydroxylation is 1. The molecule has 1 atom stereocenters. The number of nitrogens with one attached hydrogen (secondary N) is 2. The van der Waals surface area contributed by atoms with Gasteiger partial charge in [0.2, 0.25) is 5.95 Å². The van der Waals surface area contributed by atoms with Crippen LogP contribution in [0.15, 0.2) is 41.2 Å². The van der Waals surface area contributed by atoms with Gasteiger partial charge in [0.15, 0.2) is 0 Å². The van der Waals surface area contributed by atoms with Crippen LogP contribution in [0.1, 0.15) is 30.9 Å². The van der Waals surface area contributed by atoms with E-state index in [4.69, 9.17) is 22.2 Å². The van der Waals surface area contributed by atoms with Gasteiger partial charge in [-0.05, 0) is 59.6 Å². The number of aromatic nitrogens is 2. The normalized spacial score (nSPS) is 17.7. The van der Waals surface area contributed by atoms with Gasteiger partial charge in [0.25, 0.3) is 0 Å². The second-order valence-electron chi connectivity index (χ2n) is 9.15. The summed E-state index contributed by atoms with van der Waals surface area (Å²) in [6.07, 6.45) is 6.88. The highest BCUT2D eigenvalue weighted by Gasteiger charge is 2.22. The van der Waals surface area contributed by atoms with Gasteiger partial charge in [-0.15, -0.1) is 0 Å². The van der Waals surface area contributed by atoms with Gasteiger partial charge in [-0.2, -0.15) is 0 Å². The van der Waals surface area contributed by atoms with E-state index in [-0.39, 0.29) is 6.17 Å². The first-order chi connectivity index (χ1) is 15.8. The third-order valence-electron chi connectivity index (χ3n) is 6.06. The minimum Gasteiger partial charge on any atom is -0.349 e. The van der Waals surface area contributed by atoms with E-state index in [1.54, 1.807) is 0 Å². The maximum atomic E-state index is 5.52. The molecule has 7 nitrogen and oxygen atoms in total. The van der Waals surface area contributed by atoms with Gasteiger partial charge in [-0.3, -0.25) is 9.89 Å². The fraction of sp³-hybridized carbons (Fsp3) is 0.440. The van der Waals surface area contributed by atoms with E-state index < -0.39 is 0 Å². The average molecular weight is 464 g/mol. The third kappa shape index (κ3) is 5.63. The Labute approximate surface area is 202 Å². The van der Waals surface area contributed by atoms with E-state index in [0.717, 1.165) is 64.8 Å². The molecule has 33 heavy (non-hydrogen) atoms. The molecule has 0 fully saturated rings. The van der Waals surface area contributed by atoms with E-state index in [2.05, 4.69) is 77.8 Å². The Morgan fingerprint density at radius 2 is 2.00 bits per heavy atom. The lowest BCUT2D eigenvalue weighted by molar-refractivity contribution is 0.234. The first kappa shape index (κ1) is 23.5. The second-order valence-corrected chi connectivity index (χ2v) is 9.65. The summed E-state index contributed by atoms with van der Waals surface area (Å²) in [7, 11) is 6.37. The summed E-state index contributed by atoms with van der Waals surface area (Å²) < 4.78 is 0. The summed E-state index contributed by atoms with van der Waals surface area (Å²) in [5.41, 5.74) is 7.12. The van der Waals surface area contributed by atoms with Crippen LogP contribution in [0.4, 0.5) is 11.6 Å². The predicted molar refractivity (Wildman–Crippen MR) is 141 cm³/mol. The summed E-state index contributed by atoms with van der Waals surface area (Å²) in [6, 6.07) is 6.32. The van der Waals surface area contributed by atoms with Crippen LogP contribution in [-0.2, 0) is 6.42 Å². The van der Waals surface area contributed by atoms with Crippen LogP contribution in [0, 0.1) is 6.92 Å². The molecule has 174 valence electrons. The van der Waals surface area contributed by atoms with Gasteiger partial charge in [-0.25, -0.2) is 9.97 Å². The molecular formula is C25H33N7S. The van der Waals surface area contributed by atoms with E-state index in [9.17, 15) is 0 Å². The SMILES string of the molecule is CC1=NC(N(C)CCCN(C)C)CC=C1Nc1ncc2c(n1)-c1ccc(C)cc1NC(=S)C2. The molecule has 2 aromatic rings. The lowest BCUT2D eigenvalue weighted by atomic mass is 10.0. The largest absolute Gasteiger partial charge is 0.349 e. The molecule has 0 bridgehead atoms. The minimum atomic E-state index is 0.174. The molecule has 1 aromatic carbocycles. The zero-order valence-corrected chi connectivity index (χ0v) is 21.0. The maximum absolute atomic E-state index is 5.52. The quantitative estimate of drug-likeness (QED) is 0.599. The van der Waals surface area contributed by atoms with Crippen LogP contribution in [0.2, 0.25) is 0 Å². The second kappa shape index (κ2) is 10.1. The van der Waals surface area contributed by atoms with E-state index in [1.165, 1.54) is 5.56 Å². The van der Waals surface area contributed by atoms with Crippen molar-refractivity contribution < 1.29 is 0 Å². The Bertz CT molecular complexity index is 1110. The molecule has 1 unspecified atom stereocenters. The van der Waals surface area contributed by atoms with E-state index >= 15 is 0 Å². The number of benzene rings is 1. The van der Waals surface area contributed by atoms with Crippen molar-refractivity contribution in [2.45, 2.75) is 39.3 Å². The molecular weight excluding hydrogens is 430 g/mol. The van der Waals surface area contributed by atoms with Crippen LogP contribution < -0.4 is 10.6 Å². The van der Waals surface area contributed by atoms with Crippen molar-refractivity contribution in [2.75, 3.05) is 44.9 Å². The number of nitrogens with zero attached hydrogens (tertiary/aromatic N) is 5. The zero-order chi connectivity index (χ0) is 23.5. The van der Waals surface area contributed by atoms with Crippen molar-refractivity contribution in [1.29, 1.82) is 0 Å². The Balaban J connectivity index is 1.50. The highest BCUT2D eigenvalue weighted by molar-refractivity contribution is 7.80. The standard InChI is InChI=1S/C25H33N7S/c1-16-7-8-19-21(13-16)28-23(33)14-18-15-26-25(30-24(18)19)29-20-9-10-22(27-17(20)2)32(5)12-6-11-31(3)4/h7-9,13,15,22H,6,10-12,14H2,1-5H3,(H,28,33)(H,26,29,30). The van der Waals surface area contributed by atoms with Gasteiger partial charge in [-0.1, -0.05) is 30.4 Å². The van der Waals surface area contributed by atoms with Crippen molar-refractivity contribution in [2.24, 2.45) is 4.99 Å². The Hall–Kier alpha value is -2.68. The zero-order valence-electron chi connectivity index (χ0n) is 20.1. The van der Waals surface area contributed by atoms with Gasteiger partial charge in [0, 0.05) is 42.4 Å². The van der Waals surface area contributed by atoms with Crippen molar-refractivity contribution in [3.63, 3.8) is 0 Å². The van der Waals surface area contributed by atoms with E-state index in [0.29, 0.717) is 12.4 Å². The number of aliphatic imine (C=N–C) groups is 1. The number of fused-ring (bicyclic) bond motifs is 3. The highest BCUT2D eigenvalue weighted by Crippen LogP contribution is 2.34. The molecule has 0 saturated heterocycles. The topological polar surface area (TPSA) is 68.7 Å². The highest BCUT2D eigenvalue weighted by atomic mass is 32.1. The predicted octanol–water partition coefficient (Wildman–Crippen LogP) is 4.12. The Kier molecular flexibility index (Phi) is 7.17. The first-order valence-corrected chi connectivity index (χ1v) is 11.8. The first-order valence-electron chi connectivity index (χ1n) is 11.4. The van der Waals surface area contributed by atoms with Gasteiger partial charge in [0.05, 0.1) is 22.1 Å². The van der Waals surface area contributed by atoms with Crippen LogP contribution in [0.5, 0.6) is 0 Å². The molecule has 0 spiro atoms. The minimum absolute atomic E-state index is 0.174. The summed E-state index contributed by atoms with van der Waals surface area (Å²) in [5.74, 6) is 0.576. The van der Waals surface area contributed by atoms with Crippen molar-refractivity contribution in [1.82, 2.24) is 19.8 Å². The van der Waals surface area contributed by atoms with Gasteiger partial charge < -0.3 is 15.5 Å². The lowest BCUT2D eigenvalue weighted by Gasteiger charge is -2.28. The van der Waals surface area contributed by atoms with Gasteiger partial charge in [0.1, 0.15) is 6.17 Å². The summed E-state index contributed by atoms with van der Waals surface area (Å²) in [4.78, 5) is 19.7. The van der Waals surface area contributed by atoms with E-state index in [1.807, 2.05) is 13.1 Å². The summed E-state index contributed by atoms with van der Waals surface area (Å²) >= 11 is 5.52. The Morgan fingerprint density at radius 1 is 1.18 bits per heavy atom. The average Bonchev–Trinajstić information content (AvgIpc) is 2.89. The molecule has 2 N–H and O–H groups in total. The fourth-order valence-corrected chi connectivity index (χ4v) is 4.47. The summed E-state index contributed by atoms with van der Waals surface area (Å²) in [5, 5.41) is 6.76.